The zero-order valence-electron chi connectivity index (χ0n) is 8.90. The predicted octanol–water partition coefficient (Wildman–Crippen LogP) is -0.692. The van der Waals surface area contributed by atoms with E-state index in [0.29, 0.717) is 6.54 Å². The van der Waals surface area contributed by atoms with Gasteiger partial charge in [-0.05, 0) is 26.1 Å². The lowest BCUT2D eigenvalue weighted by Gasteiger charge is -2.06. The van der Waals surface area contributed by atoms with E-state index in [0.717, 1.165) is 13.0 Å². The van der Waals surface area contributed by atoms with Crippen LogP contribution in [0.15, 0.2) is 17.3 Å². The largest absolute Gasteiger partial charge is 0.320 e. The van der Waals surface area contributed by atoms with Gasteiger partial charge >= 0.3 is 0 Å². The van der Waals surface area contributed by atoms with Crippen molar-refractivity contribution in [2.75, 3.05) is 20.1 Å². The lowest BCUT2D eigenvalue weighted by Crippen LogP contribution is -2.28. The molecule has 0 aliphatic carbocycles. The standard InChI is InChI=1S/C8H16N4O2S/c1-9-5-3-6-11-15(13,14)8-4-7-10-12(8)2/h4,7,9,11H,3,5-6H2,1-2H3. The molecular formula is C8H16N4O2S. The Hall–Kier alpha value is -0.920. The van der Waals surface area contributed by atoms with Gasteiger partial charge in [-0.3, -0.25) is 4.68 Å². The Bertz CT molecular complexity index is 399. The summed E-state index contributed by atoms with van der Waals surface area (Å²) in [4.78, 5) is 0. The Morgan fingerprint density at radius 3 is 2.73 bits per heavy atom. The molecule has 0 radical (unpaired) electrons. The average molecular weight is 232 g/mol. The van der Waals surface area contributed by atoms with Crippen LogP contribution in [0.4, 0.5) is 0 Å². The van der Waals surface area contributed by atoms with Crippen LogP contribution in [-0.4, -0.2) is 38.3 Å². The number of aryl methyl sites for hydroxylation is 1. The maximum absolute atomic E-state index is 11.7. The molecule has 15 heavy (non-hydrogen) atoms. The van der Waals surface area contributed by atoms with Gasteiger partial charge in [0, 0.05) is 13.6 Å². The second kappa shape index (κ2) is 5.24. The fraction of sp³-hybridized carbons (Fsp3) is 0.625. The van der Waals surface area contributed by atoms with E-state index in [2.05, 4.69) is 15.1 Å². The Kier molecular flexibility index (Phi) is 4.25. The normalized spacial score (nSPS) is 11.9. The van der Waals surface area contributed by atoms with Gasteiger partial charge in [0.1, 0.15) is 0 Å². The van der Waals surface area contributed by atoms with Gasteiger partial charge in [-0.2, -0.15) is 5.10 Å². The summed E-state index contributed by atoms with van der Waals surface area (Å²) in [6.07, 6.45) is 2.22. The van der Waals surface area contributed by atoms with Gasteiger partial charge in [-0.15, -0.1) is 0 Å². The van der Waals surface area contributed by atoms with E-state index in [-0.39, 0.29) is 5.03 Å². The summed E-state index contributed by atoms with van der Waals surface area (Å²) in [6.45, 7) is 1.21. The molecule has 0 amide bonds. The number of rotatable bonds is 6. The van der Waals surface area contributed by atoms with Crippen molar-refractivity contribution in [3.8, 4) is 0 Å². The van der Waals surface area contributed by atoms with Crippen LogP contribution in [0, 0.1) is 0 Å². The van der Waals surface area contributed by atoms with Crippen LogP contribution in [0.2, 0.25) is 0 Å². The fourth-order valence-corrected chi connectivity index (χ4v) is 2.37. The summed E-state index contributed by atoms with van der Waals surface area (Å²) < 4.78 is 27.2. The summed E-state index contributed by atoms with van der Waals surface area (Å²) in [7, 11) is 0.0230. The lowest BCUT2D eigenvalue weighted by atomic mass is 10.4. The van der Waals surface area contributed by atoms with Crippen LogP contribution in [-0.2, 0) is 17.1 Å². The third kappa shape index (κ3) is 3.29. The van der Waals surface area contributed by atoms with Crippen molar-refractivity contribution < 1.29 is 8.42 Å². The number of aromatic nitrogens is 2. The maximum atomic E-state index is 11.7. The first-order chi connectivity index (χ1) is 7.08. The Morgan fingerprint density at radius 2 is 2.20 bits per heavy atom. The second-order valence-corrected chi connectivity index (χ2v) is 4.86. The van der Waals surface area contributed by atoms with Gasteiger partial charge < -0.3 is 5.32 Å². The van der Waals surface area contributed by atoms with Crippen molar-refractivity contribution >= 4 is 10.0 Å². The SMILES string of the molecule is CNCCCNS(=O)(=O)c1ccnn1C. The van der Waals surface area contributed by atoms with Crippen LogP contribution >= 0.6 is 0 Å². The molecule has 1 heterocycles. The molecule has 0 bridgehead atoms. The first-order valence-corrected chi connectivity index (χ1v) is 6.18. The highest BCUT2D eigenvalue weighted by atomic mass is 32.2. The lowest BCUT2D eigenvalue weighted by molar-refractivity contribution is 0.559. The zero-order valence-corrected chi connectivity index (χ0v) is 9.71. The Morgan fingerprint density at radius 1 is 1.47 bits per heavy atom. The molecule has 0 fully saturated rings. The molecule has 0 aromatic carbocycles. The predicted molar refractivity (Wildman–Crippen MR) is 56.9 cm³/mol. The van der Waals surface area contributed by atoms with Crippen molar-refractivity contribution in [3.05, 3.63) is 12.3 Å². The monoisotopic (exact) mass is 232 g/mol. The molecule has 1 rings (SSSR count). The van der Waals surface area contributed by atoms with E-state index in [9.17, 15) is 8.42 Å². The molecule has 6 nitrogen and oxygen atoms in total. The van der Waals surface area contributed by atoms with E-state index >= 15 is 0 Å². The number of nitrogens with one attached hydrogen (secondary N) is 2. The summed E-state index contributed by atoms with van der Waals surface area (Å²) in [6, 6.07) is 1.47. The molecule has 0 atom stereocenters. The van der Waals surface area contributed by atoms with E-state index in [1.54, 1.807) is 7.05 Å². The Labute approximate surface area is 89.7 Å². The van der Waals surface area contributed by atoms with Crippen molar-refractivity contribution in [3.63, 3.8) is 0 Å². The third-order valence-electron chi connectivity index (χ3n) is 1.95. The number of nitrogens with zero attached hydrogens (tertiary/aromatic N) is 2. The molecular weight excluding hydrogens is 216 g/mol. The van der Waals surface area contributed by atoms with Crippen molar-refractivity contribution in [2.45, 2.75) is 11.4 Å². The Balaban J connectivity index is 2.57. The molecule has 0 spiro atoms. The average Bonchev–Trinajstić information content (AvgIpc) is 2.60. The van der Waals surface area contributed by atoms with Crippen LogP contribution < -0.4 is 10.0 Å². The fourth-order valence-electron chi connectivity index (χ4n) is 1.17. The highest BCUT2D eigenvalue weighted by molar-refractivity contribution is 7.89. The molecule has 2 N–H and O–H groups in total. The van der Waals surface area contributed by atoms with Gasteiger partial charge in [0.2, 0.25) is 0 Å². The van der Waals surface area contributed by atoms with E-state index in [1.165, 1.54) is 16.9 Å². The highest BCUT2D eigenvalue weighted by Gasteiger charge is 2.16. The van der Waals surface area contributed by atoms with Crippen LogP contribution in [0.3, 0.4) is 0 Å². The number of sulfonamides is 1. The van der Waals surface area contributed by atoms with Crippen molar-refractivity contribution in [2.24, 2.45) is 7.05 Å². The quantitative estimate of drug-likeness (QED) is 0.636. The van der Waals surface area contributed by atoms with Crippen LogP contribution in [0.1, 0.15) is 6.42 Å². The van der Waals surface area contributed by atoms with Gasteiger partial charge in [-0.25, -0.2) is 13.1 Å². The van der Waals surface area contributed by atoms with Crippen LogP contribution in [0.5, 0.6) is 0 Å². The molecule has 0 saturated heterocycles. The second-order valence-electron chi connectivity index (χ2n) is 3.15. The minimum Gasteiger partial charge on any atom is -0.320 e. The molecule has 0 aliphatic rings. The molecule has 0 unspecified atom stereocenters. The van der Waals surface area contributed by atoms with Gasteiger partial charge in [0.05, 0.1) is 6.20 Å². The molecule has 0 aliphatic heterocycles. The maximum Gasteiger partial charge on any atom is 0.257 e. The number of hydrogen-bond acceptors (Lipinski definition) is 4. The minimum atomic E-state index is -3.41. The summed E-state index contributed by atoms with van der Waals surface area (Å²) in [5.41, 5.74) is 0. The molecule has 1 aromatic rings. The van der Waals surface area contributed by atoms with E-state index in [4.69, 9.17) is 0 Å². The summed E-state index contributed by atoms with van der Waals surface area (Å²) in [5.74, 6) is 0. The van der Waals surface area contributed by atoms with E-state index in [1.807, 2.05) is 7.05 Å². The topological polar surface area (TPSA) is 76.0 Å². The summed E-state index contributed by atoms with van der Waals surface area (Å²) >= 11 is 0. The zero-order chi connectivity index (χ0) is 11.3. The van der Waals surface area contributed by atoms with Gasteiger partial charge in [0.25, 0.3) is 10.0 Å². The van der Waals surface area contributed by atoms with Crippen molar-refractivity contribution in [1.29, 1.82) is 0 Å². The van der Waals surface area contributed by atoms with Crippen molar-refractivity contribution in [1.82, 2.24) is 19.8 Å². The highest BCUT2D eigenvalue weighted by Crippen LogP contribution is 2.05. The first kappa shape index (κ1) is 12.2. The minimum absolute atomic E-state index is 0.187. The molecule has 1 aromatic heterocycles. The molecule has 7 heteroatoms. The third-order valence-corrected chi connectivity index (χ3v) is 3.48. The van der Waals surface area contributed by atoms with Gasteiger partial charge in [0.15, 0.2) is 5.03 Å². The van der Waals surface area contributed by atoms with Gasteiger partial charge in [-0.1, -0.05) is 0 Å². The molecule has 86 valence electrons. The number of hydrogen-bond donors (Lipinski definition) is 2. The smallest absolute Gasteiger partial charge is 0.257 e. The molecule has 0 saturated carbocycles. The summed E-state index contributed by atoms with van der Waals surface area (Å²) in [5, 5.41) is 6.95. The van der Waals surface area contributed by atoms with Crippen LogP contribution in [0.25, 0.3) is 0 Å². The van der Waals surface area contributed by atoms with E-state index < -0.39 is 10.0 Å². The first-order valence-electron chi connectivity index (χ1n) is 4.70.